The molecule has 96 valence electrons. The number of halogens is 1. The Morgan fingerprint density at radius 1 is 1.37 bits per heavy atom. The third kappa shape index (κ3) is 2.02. The molecule has 0 saturated heterocycles. The van der Waals surface area contributed by atoms with Crippen molar-refractivity contribution in [3.8, 4) is 0 Å². The molecule has 0 unspecified atom stereocenters. The van der Waals surface area contributed by atoms with Crippen LogP contribution in [0.5, 0.6) is 0 Å². The number of aromatic amines is 1. The van der Waals surface area contributed by atoms with E-state index in [-0.39, 0.29) is 28.5 Å². The lowest BCUT2D eigenvalue weighted by Gasteiger charge is -2.04. The van der Waals surface area contributed by atoms with Gasteiger partial charge in [-0.3, -0.25) is 9.59 Å². The first-order valence-corrected chi connectivity index (χ1v) is 6.78. The molecule has 0 aliphatic carbocycles. The quantitative estimate of drug-likeness (QED) is 0.832. The van der Waals surface area contributed by atoms with Crippen LogP contribution in [0.4, 0.5) is 0 Å². The van der Waals surface area contributed by atoms with Crippen molar-refractivity contribution in [1.29, 1.82) is 0 Å². The number of benzene rings is 1. The first-order valence-electron chi connectivity index (χ1n) is 5.42. The van der Waals surface area contributed by atoms with Crippen molar-refractivity contribution in [3.05, 3.63) is 44.4 Å². The number of thioether (sulfide) groups is 1. The van der Waals surface area contributed by atoms with E-state index in [1.807, 2.05) is 0 Å². The summed E-state index contributed by atoms with van der Waals surface area (Å²) in [6.45, 7) is 0. The summed E-state index contributed by atoms with van der Waals surface area (Å²) in [5.74, 6) is 0.345. The van der Waals surface area contributed by atoms with E-state index in [0.717, 1.165) is 0 Å². The number of ketones is 1. The fourth-order valence-corrected chi connectivity index (χ4v) is 2.86. The van der Waals surface area contributed by atoms with Crippen LogP contribution in [0.15, 0.2) is 28.0 Å². The van der Waals surface area contributed by atoms with E-state index >= 15 is 0 Å². The SMILES string of the molecule is NC1=C(c2nc3cc(Cl)ccc3c(=O)[nH]2)C(=O)CS1. The average molecular weight is 294 g/mol. The number of carbonyl (C=O) groups excluding carboxylic acids is 1. The van der Waals surface area contributed by atoms with Crippen LogP contribution in [0, 0.1) is 0 Å². The topological polar surface area (TPSA) is 88.8 Å². The Morgan fingerprint density at radius 3 is 2.84 bits per heavy atom. The molecule has 3 rings (SSSR count). The molecule has 2 heterocycles. The highest BCUT2D eigenvalue weighted by molar-refractivity contribution is 8.04. The number of nitrogens with zero attached hydrogens (tertiary/aromatic N) is 1. The Kier molecular flexibility index (Phi) is 2.83. The summed E-state index contributed by atoms with van der Waals surface area (Å²) in [4.78, 5) is 30.6. The lowest BCUT2D eigenvalue weighted by Crippen LogP contribution is -2.14. The predicted octanol–water partition coefficient (Wildman–Crippen LogP) is 1.52. The van der Waals surface area contributed by atoms with Crippen LogP contribution < -0.4 is 11.3 Å². The zero-order valence-electron chi connectivity index (χ0n) is 9.57. The van der Waals surface area contributed by atoms with Crippen LogP contribution in [0.3, 0.4) is 0 Å². The molecule has 7 heteroatoms. The summed E-state index contributed by atoms with van der Waals surface area (Å²) in [5, 5.41) is 1.28. The molecule has 0 spiro atoms. The molecule has 2 aromatic rings. The largest absolute Gasteiger partial charge is 0.393 e. The maximum atomic E-state index is 12.0. The van der Waals surface area contributed by atoms with E-state index < -0.39 is 0 Å². The lowest BCUT2D eigenvalue weighted by atomic mass is 10.1. The van der Waals surface area contributed by atoms with Crippen LogP contribution in [0.25, 0.3) is 16.5 Å². The molecule has 5 nitrogen and oxygen atoms in total. The highest BCUT2D eigenvalue weighted by Gasteiger charge is 2.25. The molecule has 19 heavy (non-hydrogen) atoms. The summed E-state index contributed by atoms with van der Waals surface area (Å²) in [7, 11) is 0. The van der Waals surface area contributed by atoms with Crippen LogP contribution in [0.2, 0.25) is 5.02 Å². The molecule has 1 aromatic heterocycles. The van der Waals surface area contributed by atoms with Gasteiger partial charge in [-0.2, -0.15) is 0 Å². The maximum absolute atomic E-state index is 12.0. The summed E-state index contributed by atoms with van der Waals surface area (Å²) < 4.78 is 0. The normalized spacial score (nSPS) is 15.5. The fourth-order valence-electron chi connectivity index (χ4n) is 1.90. The number of fused-ring (bicyclic) bond motifs is 1. The smallest absolute Gasteiger partial charge is 0.259 e. The van der Waals surface area contributed by atoms with E-state index in [9.17, 15) is 9.59 Å². The van der Waals surface area contributed by atoms with E-state index in [2.05, 4.69) is 9.97 Å². The number of Topliss-reactive ketones (excluding diaryl/α,β-unsaturated/α-hetero) is 1. The Bertz CT molecular complexity index is 797. The predicted molar refractivity (Wildman–Crippen MR) is 75.9 cm³/mol. The summed E-state index contributed by atoms with van der Waals surface area (Å²) in [5.41, 5.74) is 6.16. The van der Waals surface area contributed by atoms with Gasteiger partial charge in [0.1, 0.15) is 5.82 Å². The molecule has 1 aliphatic rings. The van der Waals surface area contributed by atoms with Gasteiger partial charge in [0.15, 0.2) is 5.78 Å². The number of aromatic nitrogens is 2. The zero-order chi connectivity index (χ0) is 13.6. The molecule has 1 aromatic carbocycles. The Balaban J connectivity index is 2.30. The van der Waals surface area contributed by atoms with E-state index in [0.29, 0.717) is 21.0 Å². The number of nitrogens with one attached hydrogen (secondary N) is 1. The highest BCUT2D eigenvalue weighted by atomic mass is 35.5. The maximum Gasteiger partial charge on any atom is 0.259 e. The van der Waals surface area contributed by atoms with Gasteiger partial charge in [0.2, 0.25) is 0 Å². The van der Waals surface area contributed by atoms with Gasteiger partial charge in [0.25, 0.3) is 5.56 Å². The van der Waals surface area contributed by atoms with E-state index in [1.54, 1.807) is 18.2 Å². The number of H-pyrrole nitrogens is 1. The molecule has 0 radical (unpaired) electrons. The molecular weight excluding hydrogens is 286 g/mol. The third-order valence-electron chi connectivity index (χ3n) is 2.79. The highest BCUT2D eigenvalue weighted by Crippen LogP contribution is 2.30. The molecule has 0 bridgehead atoms. The minimum Gasteiger partial charge on any atom is -0.393 e. The Morgan fingerprint density at radius 2 is 2.16 bits per heavy atom. The molecule has 0 atom stereocenters. The van der Waals surface area contributed by atoms with Gasteiger partial charge in [-0.1, -0.05) is 23.4 Å². The van der Waals surface area contributed by atoms with Gasteiger partial charge in [-0.15, -0.1) is 0 Å². The van der Waals surface area contributed by atoms with Gasteiger partial charge in [-0.05, 0) is 18.2 Å². The summed E-state index contributed by atoms with van der Waals surface area (Å²) in [6, 6.07) is 4.79. The standard InChI is InChI=1S/C12H8ClN3O2S/c13-5-1-2-6-7(3-5)15-11(16-12(6)18)9-8(17)4-19-10(9)14/h1-3H,4,14H2,(H,15,16,18). The number of rotatable bonds is 1. The first kappa shape index (κ1) is 12.3. The second kappa shape index (κ2) is 4.40. The third-order valence-corrected chi connectivity index (χ3v) is 3.95. The van der Waals surface area contributed by atoms with Crippen molar-refractivity contribution >= 4 is 45.6 Å². The van der Waals surface area contributed by atoms with Crippen molar-refractivity contribution in [3.63, 3.8) is 0 Å². The second-order valence-electron chi connectivity index (χ2n) is 4.03. The first-order chi connectivity index (χ1) is 9.06. The van der Waals surface area contributed by atoms with Crippen LogP contribution in [0.1, 0.15) is 5.82 Å². The Hall–Kier alpha value is -1.79. The van der Waals surface area contributed by atoms with Gasteiger partial charge < -0.3 is 10.7 Å². The number of hydrogen-bond donors (Lipinski definition) is 2. The molecule has 1 aliphatic heterocycles. The molecule has 0 fully saturated rings. The summed E-state index contributed by atoms with van der Waals surface area (Å²) in [6.07, 6.45) is 0. The van der Waals surface area contributed by atoms with Crippen LogP contribution >= 0.6 is 23.4 Å². The van der Waals surface area contributed by atoms with Gasteiger partial charge >= 0.3 is 0 Å². The van der Waals surface area contributed by atoms with E-state index in [4.69, 9.17) is 17.3 Å². The zero-order valence-corrected chi connectivity index (χ0v) is 11.1. The summed E-state index contributed by atoms with van der Waals surface area (Å²) >= 11 is 7.12. The monoisotopic (exact) mass is 293 g/mol. The molecule has 0 saturated carbocycles. The number of allylic oxidation sites excluding steroid dienone is 1. The molecular formula is C12H8ClN3O2S. The van der Waals surface area contributed by atoms with Gasteiger partial charge in [-0.25, -0.2) is 4.98 Å². The van der Waals surface area contributed by atoms with Crippen LogP contribution in [-0.2, 0) is 4.79 Å². The fraction of sp³-hybridized carbons (Fsp3) is 0.0833. The second-order valence-corrected chi connectivity index (χ2v) is 5.48. The molecule has 3 N–H and O–H groups in total. The van der Waals surface area contributed by atoms with Gasteiger partial charge in [0, 0.05) is 5.02 Å². The lowest BCUT2D eigenvalue weighted by molar-refractivity contribution is -0.111. The van der Waals surface area contributed by atoms with Crippen molar-refractivity contribution in [1.82, 2.24) is 9.97 Å². The van der Waals surface area contributed by atoms with E-state index in [1.165, 1.54) is 11.8 Å². The number of hydrogen-bond acceptors (Lipinski definition) is 5. The van der Waals surface area contributed by atoms with Gasteiger partial charge in [0.05, 0.1) is 27.3 Å². The minimum atomic E-state index is -0.318. The van der Waals surface area contributed by atoms with Crippen LogP contribution in [-0.4, -0.2) is 21.5 Å². The van der Waals surface area contributed by atoms with Crippen molar-refractivity contribution < 1.29 is 4.79 Å². The number of nitrogens with two attached hydrogens (primary N) is 1. The minimum absolute atomic E-state index is 0.132. The Labute approximate surface area is 116 Å². The molecule has 0 amide bonds. The average Bonchev–Trinajstić information content (AvgIpc) is 2.68. The van der Waals surface area contributed by atoms with Crippen molar-refractivity contribution in [2.75, 3.05) is 5.75 Å². The van der Waals surface area contributed by atoms with Crippen molar-refractivity contribution in [2.45, 2.75) is 0 Å². The number of carbonyl (C=O) groups is 1. The van der Waals surface area contributed by atoms with Crippen molar-refractivity contribution in [2.24, 2.45) is 5.73 Å².